The van der Waals surface area contributed by atoms with Gasteiger partial charge in [0.25, 0.3) is 0 Å². The molecule has 0 aliphatic heterocycles. The maximum absolute atomic E-state index is 12.5. The number of hydrogen-bond acceptors (Lipinski definition) is 3. The van der Waals surface area contributed by atoms with Crippen LogP contribution in [0, 0.1) is 34.0 Å². The smallest absolute Gasteiger partial charge is 0.151 e. The third-order valence-electron chi connectivity index (χ3n) is 8.06. The van der Waals surface area contributed by atoms with E-state index in [-0.39, 0.29) is 10.6 Å². The fourth-order valence-corrected chi connectivity index (χ4v) is 7.54. The van der Waals surface area contributed by atoms with Gasteiger partial charge in [0.15, 0.2) is 5.17 Å². The summed E-state index contributed by atoms with van der Waals surface area (Å²) in [5.74, 6) is 2.61. The second-order valence-corrected chi connectivity index (χ2v) is 10.4. The number of nitrogens with two attached hydrogens (primary N) is 1. The van der Waals surface area contributed by atoms with Gasteiger partial charge in [0.1, 0.15) is 5.78 Å². The van der Waals surface area contributed by atoms with Crippen LogP contribution in [-0.4, -0.2) is 16.2 Å². The summed E-state index contributed by atoms with van der Waals surface area (Å²) in [4.78, 5) is 12.5. The number of carbonyl (C=O) groups excluding carboxylic acids is 1. The van der Waals surface area contributed by atoms with Gasteiger partial charge < -0.3 is 5.73 Å². The van der Waals surface area contributed by atoms with Gasteiger partial charge in [-0.1, -0.05) is 37.3 Å². The van der Waals surface area contributed by atoms with Gasteiger partial charge in [-0.25, -0.2) is 0 Å². The average Bonchev–Trinajstić information content (AvgIpc) is 2.83. The Balaban J connectivity index is 1.60. The zero-order valence-electron chi connectivity index (χ0n) is 14.9. The summed E-state index contributed by atoms with van der Waals surface area (Å²) >= 11 is 1.55. The zero-order valence-corrected chi connectivity index (χ0v) is 15.8. The average molecular weight is 347 g/mol. The molecule has 1 unspecified atom stereocenters. The molecule has 4 aliphatic rings. The van der Waals surface area contributed by atoms with Crippen LogP contribution in [0.3, 0.4) is 0 Å². The molecule has 3 N–H and O–H groups in total. The van der Waals surface area contributed by atoms with E-state index in [1.54, 1.807) is 17.3 Å². The summed E-state index contributed by atoms with van der Waals surface area (Å²) in [5, 5.41) is 8.31. The summed E-state index contributed by atoms with van der Waals surface area (Å²) in [6.07, 6.45) is 11.4. The first-order valence-electron chi connectivity index (χ1n) is 9.58. The minimum Gasteiger partial charge on any atom is -0.379 e. The first-order chi connectivity index (χ1) is 11.3. The standard InChI is InChI=1S/C20H30N2OS/c1-19-9-7-13(24-18(21)22)11-12(19)3-4-14-15-5-6-17(23)20(15,2)10-8-16(14)19/h3,13-16H,4-11H2,1-2H3,(H3,21,22)/t13?,14-,15-,16-,19-,20-/m0/s1. The predicted octanol–water partition coefficient (Wildman–Crippen LogP) is 4.51. The summed E-state index contributed by atoms with van der Waals surface area (Å²) in [7, 11) is 0. The molecule has 0 aromatic heterocycles. The first-order valence-corrected chi connectivity index (χ1v) is 10.5. The van der Waals surface area contributed by atoms with Gasteiger partial charge >= 0.3 is 0 Å². The van der Waals surface area contributed by atoms with Crippen molar-refractivity contribution in [1.82, 2.24) is 0 Å². The van der Waals surface area contributed by atoms with Crippen molar-refractivity contribution in [3.8, 4) is 0 Å². The summed E-state index contributed by atoms with van der Waals surface area (Å²) in [6, 6.07) is 0. The number of hydrogen-bond donors (Lipinski definition) is 2. The van der Waals surface area contributed by atoms with E-state index in [4.69, 9.17) is 11.1 Å². The van der Waals surface area contributed by atoms with E-state index in [0.29, 0.717) is 28.3 Å². The number of carbonyl (C=O) groups is 1. The van der Waals surface area contributed by atoms with Crippen LogP contribution in [0.5, 0.6) is 0 Å². The lowest BCUT2D eigenvalue weighted by Gasteiger charge is -2.57. The monoisotopic (exact) mass is 346 g/mol. The van der Waals surface area contributed by atoms with E-state index in [1.807, 2.05) is 0 Å². The zero-order chi connectivity index (χ0) is 17.1. The normalized spacial score (nSPS) is 47.4. The molecule has 0 bridgehead atoms. The molecule has 132 valence electrons. The van der Waals surface area contributed by atoms with Gasteiger partial charge in [0.2, 0.25) is 0 Å². The largest absolute Gasteiger partial charge is 0.379 e. The van der Waals surface area contributed by atoms with Crippen molar-refractivity contribution in [2.45, 2.75) is 70.5 Å². The van der Waals surface area contributed by atoms with Crippen LogP contribution in [-0.2, 0) is 4.79 Å². The van der Waals surface area contributed by atoms with Crippen LogP contribution in [0.2, 0.25) is 0 Å². The van der Waals surface area contributed by atoms with Crippen LogP contribution in [0.4, 0.5) is 0 Å². The third-order valence-corrected chi connectivity index (χ3v) is 9.05. The molecular formula is C20H30N2OS. The van der Waals surface area contributed by atoms with Gasteiger partial charge in [0.05, 0.1) is 0 Å². The van der Waals surface area contributed by atoms with Gasteiger partial charge in [-0.15, -0.1) is 0 Å². The Hall–Kier alpha value is -0.770. The van der Waals surface area contributed by atoms with Gasteiger partial charge in [-0.05, 0) is 68.1 Å². The molecule has 0 aromatic carbocycles. The Morgan fingerprint density at radius 3 is 2.67 bits per heavy atom. The van der Waals surface area contributed by atoms with Crippen molar-refractivity contribution in [3.05, 3.63) is 11.6 Å². The number of fused-ring (bicyclic) bond motifs is 5. The molecule has 4 heteroatoms. The highest BCUT2D eigenvalue weighted by molar-refractivity contribution is 8.14. The molecule has 3 saturated carbocycles. The molecule has 6 atom stereocenters. The summed E-state index contributed by atoms with van der Waals surface area (Å²) < 4.78 is 0. The summed E-state index contributed by atoms with van der Waals surface area (Å²) in [5.41, 5.74) is 7.54. The quantitative estimate of drug-likeness (QED) is 0.417. The number of nitrogens with one attached hydrogen (secondary N) is 1. The van der Waals surface area contributed by atoms with E-state index >= 15 is 0 Å². The lowest BCUT2D eigenvalue weighted by molar-refractivity contribution is -0.131. The van der Waals surface area contributed by atoms with E-state index in [0.717, 1.165) is 31.6 Å². The van der Waals surface area contributed by atoms with Crippen molar-refractivity contribution in [1.29, 1.82) is 5.41 Å². The molecule has 4 aliphatic carbocycles. The maximum Gasteiger partial charge on any atom is 0.151 e. The summed E-state index contributed by atoms with van der Waals surface area (Å²) in [6.45, 7) is 4.74. The number of allylic oxidation sites excluding steroid dienone is 2. The molecule has 0 radical (unpaired) electrons. The number of thioether (sulfide) groups is 1. The fourth-order valence-electron chi connectivity index (χ4n) is 6.68. The van der Waals surface area contributed by atoms with Crippen molar-refractivity contribution in [2.24, 2.45) is 34.3 Å². The van der Waals surface area contributed by atoms with Crippen molar-refractivity contribution in [3.63, 3.8) is 0 Å². The van der Waals surface area contributed by atoms with Crippen LogP contribution in [0.25, 0.3) is 0 Å². The first kappa shape index (κ1) is 16.7. The van der Waals surface area contributed by atoms with E-state index in [1.165, 1.54) is 25.7 Å². The van der Waals surface area contributed by atoms with Gasteiger partial charge in [-0.2, -0.15) is 0 Å². The van der Waals surface area contributed by atoms with E-state index < -0.39 is 0 Å². The lowest BCUT2D eigenvalue weighted by atomic mass is 9.48. The lowest BCUT2D eigenvalue weighted by Crippen LogP contribution is -2.50. The number of ketones is 1. The Morgan fingerprint density at radius 2 is 1.92 bits per heavy atom. The van der Waals surface area contributed by atoms with Crippen LogP contribution < -0.4 is 5.73 Å². The second-order valence-electron chi connectivity index (χ2n) is 9.02. The molecule has 3 nitrogen and oxygen atoms in total. The van der Waals surface area contributed by atoms with Crippen molar-refractivity contribution >= 4 is 22.7 Å². The Morgan fingerprint density at radius 1 is 1.21 bits per heavy atom. The van der Waals surface area contributed by atoms with Gasteiger partial charge in [0, 0.05) is 17.1 Å². The van der Waals surface area contributed by atoms with Crippen LogP contribution in [0.1, 0.15) is 65.2 Å². The number of rotatable bonds is 1. The Kier molecular flexibility index (Phi) is 3.91. The predicted molar refractivity (Wildman–Crippen MR) is 100 cm³/mol. The second kappa shape index (κ2) is 5.62. The fraction of sp³-hybridized carbons (Fsp3) is 0.800. The van der Waals surface area contributed by atoms with Crippen molar-refractivity contribution < 1.29 is 4.79 Å². The molecular weight excluding hydrogens is 316 g/mol. The molecule has 0 saturated heterocycles. The van der Waals surface area contributed by atoms with Crippen molar-refractivity contribution in [2.75, 3.05) is 0 Å². The topological polar surface area (TPSA) is 66.9 Å². The Labute approximate surface area is 149 Å². The molecule has 3 fully saturated rings. The molecule has 0 aromatic rings. The van der Waals surface area contributed by atoms with E-state index in [2.05, 4.69) is 19.9 Å². The highest BCUT2D eigenvalue weighted by Gasteiger charge is 2.58. The van der Waals surface area contributed by atoms with Gasteiger partial charge in [-0.3, -0.25) is 10.2 Å². The minimum atomic E-state index is -0.0233. The highest BCUT2D eigenvalue weighted by Crippen LogP contribution is 2.64. The van der Waals surface area contributed by atoms with Crippen LogP contribution >= 0.6 is 11.8 Å². The molecule has 4 rings (SSSR count). The highest BCUT2D eigenvalue weighted by atomic mass is 32.2. The molecule has 24 heavy (non-hydrogen) atoms. The molecule has 0 amide bonds. The van der Waals surface area contributed by atoms with E-state index in [9.17, 15) is 4.79 Å². The number of amidine groups is 1. The molecule has 0 spiro atoms. The molecule has 0 heterocycles. The van der Waals surface area contributed by atoms with Crippen LogP contribution in [0.15, 0.2) is 11.6 Å². The maximum atomic E-state index is 12.5. The SMILES string of the molecule is C[C@]12CCC(SC(=N)N)CC1=CC[C@@H]1[C@@H]2CC[C@]2(C)C(=O)CC[C@@H]12. The third kappa shape index (κ3) is 2.32. The Bertz CT molecular complexity index is 615. The number of Topliss-reactive ketones (excluding diaryl/α,β-unsaturated/α-hetero) is 1. The minimum absolute atomic E-state index is 0.0233.